The molecule has 15 heavy (non-hydrogen) atoms. The molecule has 0 spiro atoms. The maximum atomic E-state index is 5.37. The number of ether oxygens (including phenoxy) is 1. The maximum absolute atomic E-state index is 5.37. The van der Waals surface area contributed by atoms with Crippen LogP contribution in [0.4, 0.5) is 0 Å². The Morgan fingerprint density at radius 2 is 1.93 bits per heavy atom. The molecule has 3 nitrogen and oxygen atoms in total. The summed E-state index contributed by atoms with van der Waals surface area (Å²) in [7, 11) is 0. The molecule has 3 rings (SSSR count). The van der Waals surface area contributed by atoms with Crippen LogP contribution < -0.4 is 0 Å². The minimum atomic E-state index is 0.653. The molecule has 0 unspecified atom stereocenters. The van der Waals surface area contributed by atoms with Crippen LogP contribution in [-0.4, -0.2) is 23.4 Å². The molecule has 2 aliphatic rings. The molecule has 0 radical (unpaired) electrons. The predicted octanol–water partition coefficient (Wildman–Crippen LogP) is 2.57. The van der Waals surface area contributed by atoms with Crippen molar-refractivity contribution in [2.75, 3.05) is 13.2 Å². The molecule has 0 aromatic carbocycles. The average Bonchev–Trinajstić information content (AvgIpc) is 2.66. The second kappa shape index (κ2) is 3.97. The Labute approximate surface area is 90.2 Å². The smallest absolute Gasteiger partial charge is 0.0655 e. The molecular weight excluding hydrogens is 188 g/mol. The molecule has 1 aromatic rings. The largest absolute Gasteiger partial charge is 0.381 e. The number of hydrogen-bond donors (Lipinski definition) is 1. The molecule has 1 N–H and O–H groups in total. The highest BCUT2D eigenvalue weighted by atomic mass is 16.5. The standard InChI is InChI=1S/C12H18N2O/c1-2-9(3-1)11-8-12(14-13-11)10-4-6-15-7-5-10/h8-10H,1-7H2,(H,13,14). The zero-order valence-electron chi connectivity index (χ0n) is 9.04. The van der Waals surface area contributed by atoms with Crippen LogP contribution in [-0.2, 0) is 4.74 Å². The zero-order valence-corrected chi connectivity index (χ0v) is 9.04. The number of nitrogens with one attached hydrogen (secondary N) is 1. The molecule has 0 bridgehead atoms. The SMILES string of the molecule is c1c(C2CCC2)n[nH]c1C1CCOCC1. The van der Waals surface area contributed by atoms with Gasteiger partial charge in [0.05, 0.1) is 5.69 Å². The van der Waals surface area contributed by atoms with Gasteiger partial charge >= 0.3 is 0 Å². The quantitative estimate of drug-likeness (QED) is 0.807. The van der Waals surface area contributed by atoms with Gasteiger partial charge in [-0.25, -0.2) is 0 Å². The van der Waals surface area contributed by atoms with E-state index < -0.39 is 0 Å². The number of hydrogen-bond acceptors (Lipinski definition) is 2. The van der Waals surface area contributed by atoms with Crippen molar-refractivity contribution in [1.82, 2.24) is 10.2 Å². The lowest BCUT2D eigenvalue weighted by Gasteiger charge is -2.23. The van der Waals surface area contributed by atoms with E-state index in [4.69, 9.17) is 4.74 Å². The summed E-state index contributed by atoms with van der Waals surface area (Å²) in [5.74, 6) is 1.40. The number of aromatic nitrogens is 2. The van der Waals surface area contributed by atoms with Crippen LogP contribution in [0.3, 0.4) is 0 Å². The third-order valence-electron chi connectivity index (χ3n) is 3.80. The lowest BCUT2D eigenvalue weighted by molar-refractivity contribution is 0.0845. The van der Waals surface area contributed by atoms with Gasteiger partial charge in [-0.15, -0.1) is 0 Å². The second-order valence-corrected chi connectivity index (χ2v) is 4.76. The Morgan fingerprint density at radius 3 is 2.60 bits per heavy atom. The van der Waals surface area contributed by atoms with Crippen molar-refractivity contribution in [2.45, 2.75) is 43.9 Å². The summed E-state index contributed by atoms with van der Waals surface area (Å²) in [4.78, 5) is 0. The van der Waals surface area contributed by atoms with Crippen LogP contribution >= 0.6 is 0 Å². The van der Waals surface area contributed by atoms with E-state index in [1.807, 2.05) is 0 Å². The highest BCUT2D eigenvalue weighted by molar-refractivity contribution is 5.18. The van der Waals surface area contributed by atoms with Crippen molar-refractivity contribution in [3.63, 3.8) is 0 Å². The van der Waals surface area contributed by atoms with Crippen molar-refractivity contribution in [2.24, 2.45) is 0 Å². The first kappa shape index (κ1) is 9.40. The Balaban J connectivity index is 1.71. The van der Waals surface area contributed by atoms with Gasteiger partial charge in [0.25, 0.3) is 0 Å². The van der Waals surface area contributed by atoms with Crippen LogP contribution in [0.2, 0.25) is 0 Å². The van der Waals surface area contributed by atoms with Crippen molar-refractivity contribution < 1.29 is 4.74 Å². The van der Waals surface area contributed by atoms with E-state index in [9.17, 15) is 0 Å². The molecule has 1 aliphatic heterocycles. The van der Waals surface area contributed by atoms with Gasteiger partial charge in [0.1, 0.15) is 0 Å². The van der Waals surface area contributed by atoms with Gasteiger partial charge in [-0.05, 0) is 31.7 Å². The molecule has 2 heterocycles. The van der Waals surface area contributed by atoms with Crippen LogP contribution in [0, 0.1) is 0 Å². The van der Waals surface area contributed by atoms with E-state index in [-0.39, 0.29) is 0 Å². The topological polar surface area (TPSA) is 37.9 Å². The van der Waals surface area contributed by atoms with Crippen LogP contribution in [0.1, 0.15) is 55.3 Å². The summed E-state index contributed by atoms with van der Waals surface area (Å²) < 4.78 is 5.37. The molecule has 2 fully saturated rings. The summed E-state index contributed by atoms with van der Waals surface area (Å²) >= 11 is 0. The first-order valence-corrected chi connectivity index (χ1v) is 6.06. The van der Waals surface area contributed by atoms with Gasteiger partial charge < -0.3 is 4.74 Å². The summed E-state index contributed by atoms with van der Waals surface area (Å²) in [5, 5.41) is 7.67. The summed E-state index contributed by atoms with van der Waals surface area (Å²) in [6, 6.07) is 2.29. The average molecular weight is 206 g/mol. The maximum Gasteiger partial charge on any atom is 0.0655 e. The minimum Gasteiger partial charge on any atom is -0.381 e. The highest BCUT2D eigenvalue weighted by Gasteiger charge is 2.24. The van der Waals surface area contributed by atoms with E-state index in [1.54, 1.807) is 0 Å². The molecule has 1 aliphatic carbocycles. The first-order chi connectivity index (χ1) is 7.43. The number of aromatic amines is 1. The van der Waals surface area contributed by atoms with Crippen molar-refractivity contribution in [3.8, 4) is 0 Å². The highest BCUT2D eigenvalue weighted by Crippen LogP contribution is 2.36. The van der Waals surface area contributed by atoms with Crippen LogP contribution in [0.5, 0.6) is 0 Å². The molecule has 82 valence electrons. The monoisotopic (exact) mass is 206 g/mol. The fourth-order valence-electron chi connectivity index (χ4n) is 2.48. The molecule has 1 saturated carbocycles. The predicted molar refractivity (Wildman–Crippen MR) is 58.0 cm³/mol. The Bertz CT molecular complexity index is 324. The van der Waals surface area contributed by atoms with Gasteiger partial charge in [-0.3, -0.25) is 5.10 Å². The van der Waals surface area contributed by atoms with Crippen molar-refractivity contribution in [1.29, 1.82) is 0 Å². The lowest BCUT2D eigenvalue weighted by atomic mass is 9.82. The van der Waals surface area contributed by atoms with Crippen molar-refractivity contribution in [3.05, 3.63) is 17.5 Å². The first-order valence-electron chi connectivity index (χ1n) is 6.06. The van der Waals surface area contributed by atoms with E-state index in [2.05, 4.69) is 16.3 Å². The van der Waals surface area contributed by atoms with Crippen LogP contribution in [0.15, 0.2) is 6.07 Å². The molecule has 0 amide bonds. The fraction of sp³-hybridized carbons (Fsp3) is 0.750. The zero-order chi connectivity index (χ0) is 10.1. The third kappa shape index (κ3) is 1.81. The second-order valence-electron chi connectivity index (χ2n) is 4.76. The third-order valence-corrected chi connectivity index (χ3v) is 3.80. The normalized spacial score (nSPS) is 24.0. The summed E-state index contributed by atoms with van der Waals surface area (Å²) in [6.07, 6.45) is 6.33. The van der Waals surface area contributed by atoms with Gasteiger partial charge in [-0.1, -0.05) is 6.42 Å². The van der Waals surface area contributed by atoms with E-state index >= 15 is 0 Å². The lowest BCUT2D eigenvalue weighted by Crippen LogP contribution is -2.14. The van der Waals surface area contributed by atoms with E-state index in [1.165, 1.54) is 30.7 Å². The van der Waals surface area contributed by atoms with Crippen LogP contribution in [0.25, 0.3) is 0 Å². The van der Waals surface area contributed by atoms with Gasteiger partial charge in [0, 0.05) is 30.7 Å². The number of nitrogens with zero attached hydrogens (tertiary/aromatic N) is 1. The van der Waals surface area contributed by atoms with Gasteiger partial charge in [0.15, 0.2) is 0 Å². The van der Waals surface area contributed by atoms with Gasteiger partial charge in [0.2, 0.25) is 0 Å². The molecule has 0 atom stereocenters. The molecule has 1 saturated heterocycles. The number of rotatable bonds is 2. The fourth-order valence-corrected chi connectivity index (χ4v) is 2.48. The van der Waals surface area contributed by atoms with Crippen molar-refractivity contribution >= 4 is 0 Å². The minimum absolute atomic E-state index is 0.653. The van der Waals surface area contributed by atoms with Gasteiger partial charge in [-0.2, -0.15) is 5.10 Å². The Morgan fingerprint density at radius 1 is 1.13 bits per heavy atom. The molecule has 1 aromatic heterocycles. The summed E-state index contributed by atoms with van der Waals surface area (Å²) in [5.41, 5.74) is 2.63. The van der Waals surface area contributed by atoms with E-state index in [0.717, 1.165) is 32.0 Å². The Kier molecular flexibility index (Phi) is 2.49. The Hall–Kier alpha value is -0.830. The van der Waals surface area contributed by atoms with E-state index in [0.29, 0.717) is 5.92 Å². The summed E-state index contributed by atoms with van der Waals surface area (Å²) in [6.45, 7) is 1.81. The number of H-pyrrole nitrogens is 1. The molecular formula is C12H18N2O. The molecule has 3 heteroatoms.